The average Bonchev–Trinajstić information content (AvgIpc) is 2.65. The number of halogens is 1. The zero-order valence-electron chi connectivity index (χ0n) is 6.55. The maximum absolute atomic E-state index is 2.78. The summed E-state index contributed by atoms with van der Waals surface area (Å²) < 4.78 is 0.834. The van der Waals surface area contributed by atoms with Crippen LogP contribution in [-0.4, -0.2) is 3.42 Å². The third-order valence-electron chi connectivity index (χ3n) is 5.08. The Kier molecular flexibility index (Phi) is 0.860. The molecule has 52 valence electrons. The van der Waals surface area contributed by atoms with Crippen molar-refractivity contribution in [2.75, 3.05) is 0 Å². The zero-order valence-corrected chi connectivity index (χ0v) is 8.71. The van der Waals surface area contributed by atoms with Gasteiger partial charge in [0.25, 0.3) is 0 Å². The van der Waals surface area contributed by atoms with Crippen LogP contribution in [0.15, 0.2) is 0 Å². The van der Waals surface area contributed by atoms with E-state index in [4.69, 9.17) is 0 Å². The minimum Gasteiger partial charge on any atom is -0.295 e. The fourth-order valence-corrected chi connectivity index (χ4v) is 7.34. The molecule has 0 radical (unpaired) electrons. The summed E-state index contributed by atoms with van der Waals surface area (Å²) in [5.74, 6) is 9.28. The van der Waals surface area contributed by atoms with Crippen molar-refractivity contribution in [1.29, 1.82) is 0 Å². The summed E-state index contributed by atoms with van der Waals surface area (Å²) in [4.78, 5) is 0. The Balaban J connectivity index is 0.000000392. The normalized spacial score (nSPS) is 83.7. The van der Waals surface area contributed by atoms with E-state index >= 15 is 0 Å². The first kappa shape index (κ1) is 6.73. The Bertz CT molecular complexity index is 241. The largest absolute Gasteiger partial charge is 1.00 e. The molecule has 1 unspecified atom stereocenters. The third-order valence-corrected chi connectivity index (χ3v) is 7.14. The van der Waals surface area contributed by atoms with Crippen molar-refractivity contribution in [3.8, 4) is 0 Å². The van der Waals surface area contributed by atoms with Crippen LogP contribution in [0.3, 0.4) is 0 Å². The van der Waals surface area contributed by atoms with Gasteiger partial charge >= 0.3 is 18.9 Å². The van der Waals surface area contributed by atoms with Gasteiger partial charge in [0.15, 0.2) is 0 Å². The number of alkyl halides is 1. The van der Waals surface area contributed by atoms with E-state index in [0.29, 0.717) is 0 Å². The Hall–Kier alpha value is 1.33. The van der Waals surface area contributed by atoms with E-state index in [2.05, 4.69) is 22.6 Å². The first-order valence-corrected chi connectivity index (χ1v) is 5.49. The molecule has 2 heteroatoms. The molecule has 7 atom stereocenters. The van der Waals surface area contributed by atoms with Gasteiger partial charge in [-0.15, -0.1) is 22.6 Å². The standard InChI is InChI=1S/C9H8I.Li/c10-9-6-2-1-3(7(6)9)5-4(2)8(5)9;/h2-7H,1H2;/q-1;+1/t2-,3+,4-,5-,6+,7+,9?;/m0./s1. The molecule has 0 aromatic heterocycles. The molecule has 2 bridgehead atoms. The molecule has 6 saturated carbocycles. The maximum Gasteiger partial charge on any atom is 1.00 e. The van der Waals surface area contributed by atoms with Gasteiger partial charge in [0.05, 0.1) is 0 Å². The van der Waals surface area contributed by atoms with Crippen LogP contribution < -0.4 is 18.9 Å². The molecule has 0 aromatic rings. The minimum absolute atomic E-state index is 0. The Labute approximate surface area is 92.2 Å². The molecule has 6 fully saturated rings. The van der Waals surface area contributed by atoms with Crippen LogP contribution in [0.2, 0.25) is 0 Å². The molecule has 0 aliphatic heterocycles. The second-order valence-electron chi connectivity index (χ2n) is 4.89. The van der Waals surface area contributed by atoms with Crippen molar-refractivity contribution in [2.24, 2.45) is 35.5 Å². The van der Waals surface area contributed by atoms with Crippen LogP contribution in [0, 0.1) is 41.4 Å². The van der Waals surface area contributed by atoms with Gasteiger partial charge in [-0.1, -0.05) is 33.5 Å². The molecule has 0 amide bonds. The molecular weight excluding hydrogens is 242 g/mol. The SMILES string of the molecule is IC12[C-]3[C@H]4[C@H]5C[C@@H]([C@H]34)[C@@H]1[C@@H]52.[Li+]. The maximum atomic E-state index is 2.78. The molecule has 0 N–H and O–H groups in total. The quantitative estimate of drug-likeness (QED) is 0.221. The van der Waals surface area contributed by atoms with Crippen molar-refractivity contribution in [2.45, 2.75) is 9.84 Å². The van der Waals surface area contributed by atoms with E-state index in [1.165, 1.54) is 35.5 Å². The van der Waals surface area contributed by atoms with E-state index in [9.17, 15) is 0 Å². The summed E-state index contributed by atoms with van der Waals surface area (Å²) in [5.41, 5.74) is 0. The minimum atomic E-state index is 0. The van der Waals surface area contributed by atoms with E-state index in [-0.39, 0.29) is 18.9 Å². The summed E-state index contributed by atoms with van der Waals surface area (Å²) in [6.07, 6.45) is 1.64. The van der Waals surface area contributed by atoms with Crippen LogP contribution in [0.25, 0.3) is 0 Å². The monoisotopic (exact) mass is 250 g/mol. The molecule has 0 aromatic carbocycles. The van der Waals surface area contributed by atoms with Crippen LogP contribution >= 0.6 is 22.6 Å². The Morgan fingerprint density at radius 2 is 1.73 bits per heavy atom. The number of rotatable bonds is 0. The molecule has 6 aliphatic rings. The molecule has 11 heavy (non-hydrogen) atoms. The molecule has 6 aliphatic carbocycles. The van der Waals surface area contributed by atoms with Crippen LogP contribution in [0.5, 0.6) is 0 Å². The second kappa shape index (κ2) is 1.40. The molecular formula is C9H8ILi. The van der Waals surface area contributed by atoms with Gasteiger partial charge in [0.1, 0.15) is 0 Å². The molecule has 0 nitrogen and oxygen atoms in total. The Morgan fingerprint density at radius 1 is 1.18 bits per heavy atom. The van der Waals surface area contributed by atoms with Gasteiger partial charge in [-0.2, -0.15) is 11.8 Å². The van der Waals surface area contributed by atoms with Gasteiger partial charge < -0.3 is 0 Å². The van der Waals surface area contributed by atoms with Crippen LogP contribution in [0.4, 0.5) is 0 Å². The van der Waals surface area contributed by atoms with Crippen LogP contribution in [-0.2, 0) is 0 Å². The van der Waals surface area contributed by atoms with Crippen LogP contribution in [0.1, 0.15) is 6.42 Å². The van der Waals surface area contributed by atoms with E-state index in [1.807, 2.05) is 5.92 Å². The van der Waals surface area contributed by atoms with Crippen molar-refractivity contribution < 1.29 is 18.9 Å². The smallest absolute Gasteiger partial charge is 0.295 e. The van der Waals surface area contributed by atoms with Gasteiger partial charge in [0, 0.05) is 0 Å². The molecule has 0 saturated heterocycles. The van der Waals surface area contributed by atoms with E-state index < -0.39 is 0 Å². The predicted octanol–water partition coefficient (Wildman–Crippen LogP) is -1.11. The molecule has 0 heterocycles. The summed E-state index contributed by atoms with van der Waals surface area (Å²) >= 11 is 2.78. The van der Waals surface area contributed by atoms with Gasteiger partial charge in [-0.05, 0) is 0 Å². The average molecular weight is 250 g/mol. The van der Waals surface area contributed by atoms with Crippen molar-refractivity contribution in [3.63, 3.8) is 0 Å². The fraction of sp³-hybridized carbons (Fsp3) is 0.889. The number of hydrogen-bond donors (Lipinski definition) is 0. The molecule has 6 rings (SSSR count). The van der Waals surface area contributed by atoms with Crippen molar-refractivity contribution >= 4 is 22.6 Å². The second-order valence-corrected chi connectivity index (χ2v) is 6.67. The van der Waals surface area contributed by atoms with Gasteiger partial charge in [0.2, 0.25) is 0 Å². The van der Waals surface area contributed by atoms with E-state index in [1.54, 1.807) is 6.42 Å². The summed E-state index contributed by atoms with van der Waals surface area (Å²) in [7, 11) is 0. The van der Waals surface area contributed by atoms with Crippen molar-refractivity contribution in [3.05, 3.63) is 5.92 Å². The topological polar surface area (TPSA) is 0 Å². The predicted molar refractivity (Wildman–Crippen MR) is 45.6 cm³/mol. The number of hydrogen-bond acceptors (Lipinski definition) is 0. The summed E-state index contributed by atoms with van der Waals surface area (Å²) in [6, 6.07) is 0. The fourth-order valence-electron chi connectivity index (χ4n) is 5.11. The summed E-state index contributed by atoms with van der Waals surface area (Å²) in [5, 5.41) is 0. The first-order valence-electron chi connectivity index (χ1n) is 4.41. The first-order chi connectivity index (χ1) is 4.85. The summed E-state index contributed by atoms with van der Waals surface area (Å²) in [6.45, 7) is 0. The van der Waals surface area contributed by atoms with Gasteiger partial charge in [-0.25, -0.2) is 0 Å². The zero-order chi connectivity index (χ0) is 6.25. The van der Waals surface area contributed by atoms with Crippen molar-refractivity contribution in [1.82, 2.24) is 0 Å². The molecule has 0 spiro atoms. The van der Waals surface area contributed by atoms with E-state index in [0.717, 1.165) is 3.42 Å². The third kappa shape index (κ3) is 0.374. The Morgan fingerprint density at radius 3 is 1.91 bits per heavy atom. The van der Waals surface area contributed by atoms with Gasteiger partial charge in [-0.3, -0.25) is 5.92 Å².